The Balaban J connectivity index is 1.40. The zero-order valence-electron chi connectivity index (χ0n) is 13.7. The largest absolute Gasteiger partial charge is 0.467 e. The standard InChI is InChI=1S/C18H15FN4O2S/c19-13-5-3-12(4-6-13)14-10-23-17(20-14)26-18(21-23)22-7-9-25-16(11-22)15-2-1-8-24-15/h1-6,8,10,16H,7,9,11H2. The maximum atomic E-state index is 13.1. The molecule has 1 aromatic carbocycles. The number of benzene rings is 1. The second kappa shape index (κ2) is 6.22. The summed E-state index contributed by atoms with van der Waals surface area (Å²) in [5, 5.41) is 5.56. The van der Waals surface area contributed by atoms with Crippen LogP contribution in [0.1, 0.15) is 11.9 Å². The molecule has 0 bridgehead atoms. The van der Waals surface area contributed by atoms with Gasteiger partial charge in [-0.25, -0.2) is 13.9 Å². The van der Waals surface area contributed by atoms with E-state index < -0.39 is 0 Å². The third-order valence-electron chi connectivity index (χ3n) is 4.37. The molecular weight excluding hydrogens is 355 g/mol. The molecule has 1 saturated heterocycles. The molecule has 3 aromatic heterocycles. The summed E-state index contributed by atoms with van der Waals surface area (Å²) in [4.78, 5) is 7.61. The first-order valence-electron chi connectivity index (χ1n) is 8.28. The fourth-order valence-electron chi connectivity index (χ4n) is 3.05. The number of halogens is 1. The van der Waals surface area contributed by atoms with Gasteiger partial charge in [-0.05, 0) is 36.4 Å². The molecule has 8 heteroatoms. The van der Waals surface area contributed by atoms with Gasteiger partial charge in [0.15, 0.2) is 0 Å². The number of imidazole rings is 1. The Morgan fingerprint density at radius 1 is 1.19 bits per heavy atom. The number of morpholine rings is 1. The molecule has 0 N–H and O–H groups in total. The van der Waals surface area contributed by atoms with E-state index >= 15 is 0 Å². The predicted octanol–water partition coefficient (Wildman–Crippen LogP) is 3.77. The first kappa shape index (κ1) is 15.5. The molecule has 6 nitrogen and oxygen atoms in total. The second-order valence-corrected chi connectivity index (χ2v) is 7.00. The van der Waals surface area contributed by atoms with Gasteiger partial charge in [0, 0.05) is 12.1 Å². The van der Waals surface area contributed by atoms with Gasteiger partial charge in [0.05, 0.1) is 31.3 Å². The normalized spacial score (nSPS) is 17.9. The van der Waals surface area contributed by atoms with Crippen LogP contribution < -0.4 is 4.90 Å². The molecule has 0 aliphatic carbocycles. The summed E-state index contributed by atoms with van der Waals surface area (Å²) >= 11 is 1.53. The number of hydrogen-bond donors (Lipinski definition) is 0. The molecule has 0 saturated carbocycles. The van der Waals surface area contributed by atoms with Gasteiger partial charge in [0.25, 0.3) is 0 Å². The van der Waals surface area contributed by atoms with Crippen molar-refractivity contribution in [3.05, 3.63) is 60.4 Å². The average molecular weight is 370 g/mol. The number of ether oxygens (including phenoxy) is 1. The average Bonchev–Trinajstić information content (AvgIpc) is 3.39. The van der Waals surface area contributed by atoms with Crippen molar-refractivity contribution in [3.8, 4) is 11.3 Å². The van der Waals surface area contributed by atoms with Gasteiger partial charge >= 0.3 is 0 Å². The van der Waals surface area contributed by atoms with Crippen molar-refractivity contribution >= 4 is 21.4 Å². The SMILES string of the molecule is Fc1ccc(-c2cn3nc(N4CCOC(c5ccco5)C4)sc3n2)cc1. The smallest absolute Gasteiger partial charge is 0.214 e. The number of rotatable bonds is 3. The number of furan rings is 1. The maximum Gasteiger partial charge on any atom is 0.214 e. The number of hydrogen-bond acceptors (Lipinski definition) is 6. The topological polar surface area (TPSA) is 55.8 Å². The lowest BCUT2D eigenvalue weighted by molar-refractivity contribution is 0.0257. The Bertz CT molecular complexity index is 994. The van der Waals surface area contributed by atoms with E-state index in [0.717, 1.165) is 33.7 Å². The molecule has 1 aliphatic rings. The van der Waals surface area contributed by atoms with Crippen LogP contribution in [0.2, 0.25) is 0 Å². The fraction of sp³-hybridized carbons (Fsp3) is 0.222. The Morgan fingerprint density at radius 2 is 2.08 bits per heavy atom. The Kier molecular flexibility index (Phi) is 3.72. The predicted molar refractivity (Wildman–Crippen MR) is 95.9 cm³/mol. The molecule has 5 rings (SSSR count). The highest BCUT2D eigenvalue weighted by atomic mass is 32.1. The van der Waals surface area contributed by atoms with Crippen molar-refractivity contribution in [1.82, 2.24) is 14.6 Å². The van der Waals surface area contributed by atoms with Crippen LogP contribution in [-0.4, -0.2) is 34.3 Å². The van der Waals surface area contributed by atoms with E-state index in [-0.39, 0.29) is 11.9 Å². The molecule has 1 fully saturated rings. The van der Waals surface area contributed by atoms with Gasteiger partial charge in [-0.15, -0.1) is 5.10 Å². The first-order chi connectivity index (χ1) is 12.8. The van der Waals surface area contributed by atoms with E-state index in [1.165, 1.54) is 23.5 Å². The number of aromatic nitrogens is 3. The molecule has 1 unspecified atom stereocenters. The van der Waals surface area contributed by atoms with E-state index in [2.05, 4.69) is 15.0 Å². The lowest BCUT2D eigenvalue weighted by atomic mass is 10.2. The highest BCUT2D eigenvalue weighted by Gasteiger charge is 2.26. The second-order valence-electron chi connectivity index (χ2n) is 6.07. The summed E-state index contributed by atoms with van der Waals surface area (Å²) in [5.41, 5.74) is 1.65. The Labute approximate surface area is 152 Å². The van der Waals surface area contributed by atoms with Crippen LogP contribution in [-0.2, 0) is 4.74 Å². The summed E-state index contributed by atoms with van der Waals surface area (Å²) in [5.74, 6) is 0.572. The molecule has 0 amide bonds. The highest BCUT2D eigenvalue weighted by molar-refractivity contribution is 7.20. The fourth-order valence-corrected chi connectivity index (χ4v) is 3.96. The lowest BCUT2D eigenvalue weighted by Gasteiger charge is -2.31. The van der Waals surface area contributed by atoms with Crippen LogP contribution in [0, 0.1) is 5.82 Å². The molecule has 1 aliphatic heterocycles. The van der Waals surface area contributed by atoms with Crippen LogP contribution in [0.4, 0.5) is 9.52 Å². The number of nitrogens with zero attached hydrogens (tertiary/aromatic N) is 4. The lowest BCUT2D eigenvalue weighted by Crippen LogP contribution is -2.38. The van der Waals surface area contributed by atoms with E-state index in [4.69, 9.17) is 9.15 Å². The minimum Gasteiger partial charge on any atom is -0.467 e. The van der Waals surface area contributed by atoms with Gasteiger partial charge in [0.1, 0.15) is 17.7 Å². The summed E-state index contributed by atoms with van der Waals surface area (Å²) in [6.07, 6.45) is 3.43. The molecule has 0 spiro atoms. The van der Waals surface area contributed by atoms with Crippen molar-refractivity contribution in [1.29, 1.82) is 0 Å². The van der Waals surface area contributed by atoms with Crippen molar-refractivity contribution in [2.75, 3.05) is 24.6 Å². The monoisotopic (exact) mass is 370 g/mol. The third kappa shape index (κ3) is 2.77. The molecule has 26 heavy (non-hydrogen) atoms. The zero-order chi connectivity index (χ0) is 17.5. The Morgan fingerprint density at radius 3 is 2.85 bits per heavy atom. The van der Waals surface area contributed by atoms with Crippen LogP contribution in [0.3, 0.4) is 0 Å². The van der Waals surface area contributed by atoms with Gasteiger partial charge in [-0.2, -0.15) is 0 Å². The van der Waals surface area contributed by atoms with Crippen LogP contribution in [0.15, 0.2) is 53.3 Å². The van der Waals surface area contributed by atoms with E-state index in [1.54, 1.807) is 22.9 Å². The number of fused-ring (bicyclic) bond motifs is 1. The summed E-state index contributed by atoms with van der Waals surface area (Å²) in [6, 6.07) is 10.1. The summed E-state index contributed by atoms with van der Waals surface area (Å²) < 4.78 is 26.1. The van der Waals surface area contributed by atoms with Gasteiger partial charge in [0.2, 0.25) is 10.1 Å². The maximum absolute atomic E-state index is 13.1. The van der Waals surface area contributed by atoms with E-state index in [9.17, 15) is 4.39 Å². The van der Waals surface area contributed by atoms with Crippen molar-refractivity contribution < 1.29 is 13.5 Å². The first-order valence-corrected chi connectivity index (χ1v) is 9.10. The molecule has 1 atom stereocenters. The van der Waals surface area contributed by atoms with Gasteiger partial charge < -0.3 is 14.1 Å². The molecule has 4 aromatic rings. The summed E-state index contributed by atoms with van der Waals surface area (Å²) in [6.45, 7) is 2.09. The van der Waals surface area contributed by atoms with Gasteiger partial charge in [-0.1, -0.05) is 11.3 Å². The number of anilines is 1. The Hall–Kier alpha value is -2.71. The highest BCUT2D eigenvalue weighted by Crippen LogP contribution is 2.30. The van der Waals surface area contributed by atoms with Crippen molar-refractivity contribution in [3.63, 3.8) is 0 Å². The van der Waals surface area contributed by atoms with Crippen LogP contribution in [0.25, 0.3) is 16.2 Å². The zero-order valence-corrected chi connectivity index (χ0v) is 14.5. The molecule has 0 radical (unpaired) electrons. The summed E-state index contributed by atoms with van der Waals surface area (Å²) in [7, 11) is 0. The minimum absolute atomic E-state index is 0.0928. The van der Waals surface area contributed by atoms with Gasteiger partial charge in [-0.3, -0.25) is 0 Å². The third-order valence-corrected chi connectivity index (χ3v) is 5.35. The van der Waals surface area contributed by atoms with Crippen molar-refractivity contribution in [2.45, 2.75) is 6.10 Å². The minimum atomic E-state index is -0.256. The van der Waals surface area contributed by atoms with Crippen LogP contribution >= 0.6 is 11.3 Å². The van der Waals surface area contributed by atoms with E-state index in [1.807, 2.05) is 18.3 Å². The van der Waals surface area contributed by atoms with Crippen LogP contribution in [0.5, 0.6) is 0 Å². The quantitative estimate of drug-likeness (QED) is 0.549. The molecule has 4 heterocycles. The molecular formula is C18H15FN4O2S. The van der Waals surface area contributed by atoms with E-state index in [0.29, 0.717) is 13.2 Å². The van der Waals surface area contributed by atoms with Crippen molar-refractivity contribution in [2.24, 2.45) is 0 Å². The molecule has 132 valence electrons.